The molecule has 0 spiro atoms. The van der Waals surface area contributed by atoms with E-state index in [-0.39, 0.29) is 108 Å². The van der Waals surface area contributed by atoms with E-state index in [2.05, 4.69) is 0 Å². The molecule has 3 nitrogen and oxygen atoms in total. The number of carboxylic acid groups (broad SMARTS) is 1. The third-order valence-corrected chi connectivity index (χ3v) is 1.11. The molecule has 1 aromatic carbocycles. The van der Waals surface area contributed by atoms with Gasteiger partial charge in [-0.25, -0.2) is 0 Å². The van der Waals surface area contributed by atoms with Gasteiger partial charge in [-0.3, -0.25) is 0 Å². The van der Waals surface area contributed by atoms with E-state index in [0.29, 0.717) is 0 Å². The number of benzene rings is 1. The van der Waals surface area contributed by atoms with Crippen LogP contribution in [0.15, 0.2) is 24.3 Å². The van der Waals surface area contributed by atoms with Crippen LogP contribution in [-0.2, 0) is 0 Å². The van der Waals surface area contributed by atoms with Gasteiger partial charge in [0.25, 0.3) is 0 Å². The zero-order valence-corrected chi connectivity index (χ0v) is 13.3. The first-order valence-electron chi connectivity index (χ1n) is 2.69. The number of hydrogen-bond acceptors (Lipinski definition) is 3. The fraction of sp³-hybridized carbons (Fsp3) is 0. The molecule has 0 N–H and O–H groups in total. The zero-order chi connectivity index (χ0) is 7.56. The van der Waals surface area contributed by atoms with Crippen LogP contribution in [0.1, 0.15) is 10.4 Å². The summed E-state index contributed by atoms with van der Waals surface area (Å²) >= 11 is 0. The number of rotatable bonds is 1. The Bertz CT molecular complexity index is 263. The SMILES string of the molecule is O=C([O-])c1ccccc1[O-].[K+].[K+]. The molecule has 0 fully saturated rings. The van der Waals surface area contributed by atoms with Gasteiger partial charge >= 0.3 is 103 Å². The maximum atomic E-state index is 10.6. The molecule has 0 heterocycles. The van der Waals surface area contributed by atoms with E-state index < -0.39 is 11.7 Å². The van der Waals surface area contributed by atoms with Crippen LogP contribution >= 0.6 is 0 Å². The summed E-state index contributed by atoms with van der Waals surface area (Å²) in [5, 5.41) is 20.8. The van der Waals surface area contributed by atoms with Gasteiger partial charge in [-0.1, -0.05) is 30.0 Å². The van der Waals surface area contributed by atoms with E-state index in [0.717, 1.165) is 0 Å². The third kappa shape index (κ3) is 4.85. The average Bonchev–Trinajstić information content (AvgIpc) is 1.88. The fourth-order valence-electron chi connectivity index (χ4n) is 0.635. The maximum Gasteiger partial charge on any atom is 1.00 e. The number of carboxylic acids is 1. The standard InChI is InChI=1S/C7H6O3.2K/c8-6-4-2-1-3-5(6)7(9)10;;/h1-4,8H,(H,9,10);;/q;2*+1/p-2. The van der Waals surface area contributed by atoms with Gasteiger partial charge in [-0.05, 0) is 5.56 Å². The normalized spacial score (nSPS) is 7.67. The van der Waals surface area contributed by atoms with Crippen molar-refractivity contribution in [3.8, 4) is 5.75 Å². The molecule has 0 aliphatic carbocycles. The summed E-state index contributed by atoms with van der Waals surface area (Å²) in [6.45, 7) is 0. The van der Waals surface area contributed by atoms with Crippen molar-refractivity contribution in [2.24, 2.45) is 0 Å². The number of carbonyl (C=O) groups excluding carboxylic acids is 1. The molecule has 0 radical (unpaired) electrons. The molecule has 0 saturated heterocycles. The second kappa shape index (κ2) is 8.10. The minimum atomic E-state index is -1.43. The van der Waals surface area contributed by atoms with Crippen molar-refractivity contribution in [3.05, 3.63) is 29.8 Å². The summed E-state index contributed by atoms with van der Waals surface area (Å²) in [6.07, 6.45) is 0. The Balaban J connectivity index is 0. The van der Waals surface area contributed by atoms with Crippen LogP contribution in [0, 0.1) is 0 Å². The summed E-state index contributed by atoms with van der Waals surface area (Å²) in [5.41, 5.74) is -0.289. The fourth-order valence-corrected chi connectivity index (χ4v) is 0.635. The summed E-state index contributed by atoms with van der Waals surface area (Å²) < 4.78 is 0. The van der Waals surface area contributed by atoms with Crippen molar-refractivity contribution in [2.45, 2.75) is 0 Å². The van der Waals surface area contributed by atoms with Crippen molar-refractivity contribution < 1.29 is 118 Å². The van der Waals surface area contributed by atoms with E-state index in [1.165, 1.54) is 24.3 Å². The molecule has 0 aliphatic heterocycles. The Morgan fingerprint density at radius 2 is 1.67 bits per heavy atom. The molecule has 0 bridgehead atoms. The van der Waals surface area contributed by atoms with Crippen LogP contribution in [0.4, 0.5) is 0 Å². The van der Waals surface area contributed by atoms with Crippen LogP contribution in [0.5, 0.6) is 5.75 Å². The first-order chi connectivity index (χ1) is 4.72. The van der Waals surface area contributed by atoms with Crippen molar-refractivity contribution in [1.82, 2.24) is 0 Å². The number of para-hydroxylation sites is 1. The van der Waals surface area contributed by atoms with Gasteiger partial charge in [0.05, 0.1) is 5.97 Å². The van der Waals surface area contributed by atoms with Crippen LogP contribution in [-0.4, -0.2) is 5.97 Å². The molecule has 0 amide bonds. The van der Waals surface area contributed by atoms with Gasteiger partial charge in [-0.15, -0.1) is 0 Å². The van der Waals surface area contributed by atoms with Gasteiger partial charge in [0.15, 0.2) is 0 Å². The van der Waals surface area contributed by atoms with Gasteiger partial charge in [0.1, 0.15) is 0 Å². The first kappa shape index (κ1) is 16.2. The van der Waals surface area contributed by atoms with E-state index in [9.17, 15) is 15.0 Å². The van der Waals surface area contributed by atoms with Gasteiger partial charge in [-0.2, -0.15) is 0 Å². The molecule has 0 unspecified atom stereocenters. The number of carbonyl (C=O) groups is 1. The largest absolute Gasteiger partial charge is 1.00 e. The van der Waals surface area contributed by atoms with Gasteiger partial charge < -0.3 is 15.0 Å². The second-order valence-corrected chi connectivity index (χ2v) is 1.78. The van der Waals surface area contributed by atoms with Crippen LogP contribution in [0.2, 0.25) is 0 Å². The third-order valence-electron chi connectivity index (χ3n) is 1.11. The molecule has 52 valence electrons. The van der Waals surface area contributed by atoms with Crippen molar-refractivity contribution in [3.63, 3.8) is 0 Å². The molecular weight excluding hydrogens is 210 g/mol. The second-order valence-electron chi connectivity index (χ2n) is 1.78. The van der Waals surface area contributed by atoms with Gasteiger partial charge in [0.2, 0.25) is 0 Å². The predicted molar refractivity (Wildman–Crippen MR) is 30.2 cm³/mol. The van der Waals surface area contributed by atoms with Crippen LogP contribution in [0.3, 0.4) is 0 Å². The molecule has 12 heavy (non-hydrogen) atoms. The first-order valence-corrected chi connectivity index (χ1v) is 2.69. The summed E-state index contributed by atoms with van der Waals surface area (Å²) in [4.78, 5) is 10.1. The van der Waals surface area contributed by atoms with Crippen molar-refractivity contribution in [2.75, 3.05) is 0 Å². The molecule has 5 heteroatoms. The van der Waals surface area contributed by atoms with Crippen LogP contribution in [0.25, 0.3) is 0 Å². The smallest absolute Gasteiger partial charge is 0.872 e. The zero-order valence-electron chi connectivity index (χ0n) is 7.03. The van der Waals surface area contributed by atoms with E-state index in [1.807, 2.05) is 0 Å². The monoisotopic (exact) mass is 214 g/mol. The van der Waals surface area contributed by atoms with Crippen molar-refractivity contribution in [1.29, 1.82) is 0 Å². The van der Waals surface area contributed by atoms with Gasteiger partial charge in [0, 0.05) is 0 Å². The molecular formula is C7H4K2O3. The Morgan fingerprint density at radius 1 is 1.17 bits per heavy atom. The Labute approximate surface area is 155 Å². The topological polar surface area (TPSA) is 63.2 Å². The van der Waals surface area contributed by atoms with Crippen LogP contribution < -0.4 is 113 Å². The van der Waals surface area contributed by atoms with E-state index >= 15 is 0 Å². The Hall–Kier alpha value is 1.76. The van der Waals surface area contributed by atoms with E-state index in [4.69, 9.17) is 0 Å². The van der Waals surface area contributed by atoms with E-state index in [1.54, 1.807) is 0 Å². The summed E-state index contributed by atoms with van der Waals surface area (Å²) in [7, 11) is 0. The molecule has 0 aromatic heterocycles. The molecule has 1 aromatic rings. The molecule has 0 saturated carbocycles. The number of aromatic carboxylic acids is 1. The Morgan fingerprint density at radius 3 is 2.00 bits per heavy atom. The average molecular weight is 214 g/mol. The minimum Gasteiger partial charge on any atom is -0.872 e. The quantitative estimate of drug-likeness (QED) is 0.437. The minimum absolute atomic E-state index is 0. The molecule has 1 rings (SSSR count). The number of hydrogen-bond donors (Lipinski definition) is 0. The Kier molecular flexibility index (Phi) is 10.9. The van der Waals surface area contributed by atoms with Crippen molar-refractivity contribution >= 4 is 5.97 Å². The maximum absolute atomic E-state index is 10.6. The summed E-state index contributed by atoms with van der Waals surface area (Å²) in [5.74, 6) is -1.94. The molecule has 0 atom stereocenters. The molecule has 0 aliphatic rings. The summed E-state index contributed by atoms with van der Waals surface area (Å²) in [6, 6.07) is 5.37. The predicted octanol–water partition coefficient (Wildman–Crippen LogP) is -6.87.